The first kappa shape index (κ1) is 23.4. The topological polar surface area (TPSA) is 98.5 Å². The molecule has 1 fully saturated rings. The largest absolute Gasteiger partial charge is 0.393 e. The van der Waals surface area contributed by atoms with E-state index in [0.29, 0.717) is 11.6 Å². The average Bonchev–Trinajstić information content (AvgIpc) is 2.79. The number of rotatable bonds is 6. The molecule has 1 aliphatic rings. The molecule has 0 saturated carbocycles. The lowest BCUT2D eigenvalue weighted by Gasteiger charge is -2.28. The molecular weight excluding hydrogens is 406 g/mol. The van der Waals surface area contributed by atoms with Gasteiger partial charge in [0.2, 0.25) is 11.9 Å². The van der Waals surface area contributed by atoms with Gasteiger partial charge in [-0.1, -0.05) is 12.1 Å². The second kappa shape index (κ2) is 11.4. The van der Waals surface area contributed by atoms with E-state index < -0.39 is 6.10 Å². The van der Waals surface area contributed by atoms with E-state index in [1.807, 2.05) is 43.3 Å². The van der Waals surface area contributed by atoms with Crippen molar-refractivity contribution < 1.29 is 14.6 Å². The maximum absolute atomic E-state index is 11.8. The Bertz CT molecular complexity index is 947. The predicted octanol–water partition coefficient (Wildman–Crippen LogP) is 3.14. The van der Waals surface area contributed by atoms with E-state index in [2.05, 4.69) is 37.7 Å². The van der Waals surface area contributed by atoms with Crippen molar-refractivity contribution in [1.82, 2.24) is 0 Å². The zero-order valence-electron chi connectivity index (χ0n) is 18.8. The number of aliphatic hydroxyl groups is 1. The van der Waals surface area contributed by atoms with Gasteiger partial charge >= 0.3 is 0 Å². The van der Waals surface area contributed by atoms with Crippen LogP contribution in [-0.4, -0.2) is 62.1 Å². The van der Waals surface area contributed by atoms with Crippen molar-refractivity contribution in [2.45, 2.75) is 26.4 Å². The fraction of sp³-hybridized carbons (Fsp3) is 0.375. The molecule has 0 bridgehead atoms. The lowest BCUT2D eigenvalue weighted by molar-refractivity contribution is -0.117. The van der Waals surface area contributed by atoms with Crippen LogP contribution in [0.25, 0.3) is 0 Å². The highest BCUT2D eigenvalue weighted by atomic mass is 16.5. The highest BCUT2D eigenvalue weighted by Crippen LogP contribution is 2.19. The molecule has 170 valence electrons. The molecule has 8 nitrogen and oxygen atoms in total. The van der Waals surface area contributed by atoms with Crippen LogP contribution >= 0.6 is 0 Å². The Morgan fingerprint density at radius 2 is 1.66 bits per heavy atom. The van der Waals surface area contributed by atoms with E-state index in [1.165, 1.54) is 5.69 Å². The third kappa shape index (κ3) is 6.90. The first-order valence-corrected chi connectivity index (χ1v) is 10.7. The van der Waals surface area contributed by atoms with Crippen molar-refractivity contribution in [1.29, 1.82) is 0 Å². The summed E-state index contributed by atoms with van der Waals surface area (Å²) >= 11 is 0. The van der Waals surface area contributed by atoms with Crippen molar-refractivity contribution in [3.63, 3.8) is 0 Å². The van der Waals surface area contributed by atoms with E-state index in [9.17, 15) is 9.90 Å². The number of guanidine groups is 1. The molecule has 32 heavy (non-hydrogen) atoms. The van der Waals surface area contributed by atoms with Gasteiger partial charge in [0.25, 0.3) is 0 Å². The van der Waals surface area contributed by atoms with Crippen LogP contribution in [0.15, 0.2) is 58.5 Å². The van der Waals surface area contributed by atoms with E-state index >= 15 is 0 Å². The molecule has 1 heterocycles. The molecule has 0 unspecified atom stereocenters. The quantitative estimate of drug-likeness (QED) is 0.476. The number of carbonyl (C=O) groups excluding carboxylic acids is 1. The van der Waals surface area contributed by atoms with E-state index in [0.717, 1.165) is 43.3 Å². The SMILES string of the molecule is CN=C(/N=C(\C)c1ccc(NC(=O)C[C@@H](C)O)cc1)Nc1ccc(N2CCOCC2)cc1. The Balaban J connectivity index is 1.61. The lowest BCUT2D eigenvalue weighted by atomic mass is 10.1. The van der Waals surface area contributed by atoms with Crippen LogP contribution in [0.5, 0.6) is 0 Å². The number of benzene rings is 2. The summed E-state index contributed by atoms with van der Waals surface area (Å²) < 4.78 is 5.41. The second-order valence-electron chi connectivity index (χ2n) is 7.69. The zero-order valence-corrected chi connectivity index (χ0v) is 18.8. The molecule has 3 rings (SSSR count). The summed E-state index contributed by atoms with van der Waals surface area (Å²) in [5, 5.41) is 15.3. The van der Waals surface area contributed by atoms with Crippen LogP contribution < -0.4 is 15.5 Å². The molecule has 1 atom stereocenters. The smallest absolute Gasteiger partial charge is 0.226 e. The molecule has 0 aromatic heterocycles. The van der Waals surface area contributed by atoms with Crippen molar-refractivity contribution in [2.75, 3.05) is 48.9 Å². The van der Waals surface area contributed by atoms with E-state index in [1.54, 1.807) is 14.0 Å². The number of hydrogen-bond acceptors (Lipinski definition) is 5. The van der Waals surface area contributed by atoms with Gasteiger partial charge < -0.3 is 25.4 Å². The first-order valence-electron chi connectivity index (χ1n) is 10.7. The summed E-state index contributed by atoms with van der Waals surface area (Å²) in [5.41, 5.74) is 4.48. The Morgan fingerprint density at radius 3 is 2.25 bits per heavy atom. The number of nitrogens with one attached hydrogen (secondary N) is 2. The maximum Gasteiger partial charge on any atom is 0.226 e. The summed E-state index contributed by atoms with van der Waals surface area (Å²) in [6.07, 6.45) is -0.601. The maximum atomic E-state index is 11.8. The van der Waals surface area contributed by atoms with E-state index in [4.69, 9.17) is 4.74 Å². The number of nitrogens with zero attached hydrogens (tertiary/aromatic N) is 3. The molecule has 3 N–H and O–H groups in total. The summed E-state index contributed by atoms with van der Waals surface area (Å²) in [6.45, 7) is 6.82. The Labute approximate surface area is 189 Å². The molecule has 0 aliphatic carbocycles. The van der Waals surface area contributed by atoms with Crippen LogP contribution in [-0.2, 0) is 9.53 Å². The normalized spacial score (nSPS) is 15.9. The molecular formula is C24H31N5O3. The monoisotopic (exact) mass is 437 g/mol. The first-order chi connectivity index (χ1) is 15.4. The van der Waals surface area contributed by atoms with Gasteiger partial charge in [0, 0.05) is 42.9 Å². The number of amides is 1. The Hall–Kier alpha value is -3.23. The fourth-order valence-electron chi connectivity index (χ4n) is 3.34. The molecule has 1 aliphatic heterocycles. The van der Waals surface area contributed by atoms with Crippen LogP contribution in [0, 0.1) is 0 Å². The predicted molar refractivity (Wildman–Crippen MR) is 130 cm³/mol. The summed E-state index contributed by atoms with van der Waals surface area (Å²) in [4.78, 5) is 23.0. The van der Waals surface area contributed by atoms with Crippen LogP contribution in [0.1, 0.15) is 25.8 Å². The molecule has 8 heteroatoms. The molecule has 0 radical (unpaired) electrons. The number of aliphatic imine (C=N–C) groups is 2. The molecule has 0 spiro atoms. The average molecular weight is 438 g/mol. The van der Waals surface area contributed by atoms with Gasteiger partial charge in [0.15, 0.2) is 0 Å². The number of morpholine rings is 1. The standard InChI is InChI=1S/C24H31N5O3/c1-17(30)16-23(31)27-20-6-4-19(5-7-20)18(2)26-24(25-3)28-21-8-10-22(11-9-21)29-12-14-32-15-13-29/h4-11,17,30H,12-16H2,1-3H3,(H,25,28)(H,27,31)/b26-18+/t17-/m1/s1. The van der Waals surface area contributed by atoms with Crippen molar-refractivity contribution in [2.24, 2.45) is 9.98 Å². The van der Waals surface area contributed by atoms with Gasteiger partial charge in [0.05, 0.1) is 25.7 Å². The van der Waals surface area contributed by atoms with Crippen molar-refractivity contribution in [3.8, 4) is 0 Å². The van der Waals surface area contributed by atoms with Gasteiger partial charge in [-0.05, 0) is 55.8 Å². The Kier molecular flexibility index (Phi) is 8.35. The van der Waals surface area contributed by atoms with E-state index in [-0.39, 0.29) is 12.3 Å². The highest BCUT2D eigenvalue weighted by molar-refractivity contribution is 6.09. The minimum atomic E-state index is -0.668. The van der Waals surface area contributed by atoms with Crippen molar-refractivity contribution in [3.05, 3.63) is 54.1 Å². The Morgan fingerprint density at radius 1 is 1.06 bits per heavy atom. The van der Waals surface area contributed by atoms with Gasteiger partial charge in [0.1, 0.15) is 0 Å². The van der Waals surface area contributed by atoms with Gasteiger partial charge in [-0.15, -0.1) is 0 Å². The van der Waals surface area contributed by atoms with Gasteiger partial charge in [-0.25, -0.2) is 4.99 Å². The summed E-state index contributed by atoms with van der Waals surface area (Å²) in [7, 11) is 1.70. The number of hydrogen-bond donors (Lipinski definition) is 3. The number of anilines is 3. The second-order valence-corrected chi connectivity index (χ2v) is 7.69. The van der Waals surface area contributed by atoms with Crippen LogP contribution in [0.2, 0.25) is 0 Å². The van der Waals surface area contributed by atoms with Gasteiger partial charge in [-0.3, -0.25) is 9.79 Å². The summed E-state index contributed by atoms with van der Waals surface area (Å²) in [6, 6.07) is 15.6. The fourth-order valence-corrected chi connectivity index (χ4v) is 3.34. The number of carbonyl (C=O) groups is 1. The molecule has 1 saturated heterocycles. The summed E-state index contributed by atoms with van der Waals surface area (Å²) in [5.74, 6) is 0.290. The third-order valence-electron chi connectivity index (χ3n) is 5.05. The third-order valence-corrected chi connectivity index (χ3v) is 5.05. The van der Waals surface area contributed by atoms with Crippen LogP contribution in [0.4, 0.5) is 17.1 Å². The minimum absolute atomic E-state index is 0.0671. The molecule has 2 aromatic carbocycles. The van der Waals surface area contributed by atoms with Crippen molar-refractivity contribution >= 4 is 34.6 Å². The molecule has 2 aromatic rings. The zero-order chi connectivity index (χ0) is 22.9. The lowest BCUT2D eigenvalue weighted by Crippen LogP contribution is -2.36. The number of ether oxygens (including phenoxy) is 1. The number of aliphatic hydroxyl groups excluding tert-OH is 1. The highest BCUT2D eigenvalue weighted by Gasteiger charge is 2.11. The minimum Gasteiger partial charge on any atom is -0.393 e. The van der Waals surface area contributed by atoms with Gasteiger partial charge in [-0.2, -0.15) is 0 Å². The molecule has 1 amide bonds. The van der Waals surface area contributed by atoms with Crippen LogP contribution in [0.3, 0.4) is 0 Å².